The Kier molecular flexibility index (Phi) is 3.36. The summed E-state index contributed by atoms with van der Waals surface area (Å²) in [5, 5.41) is 0.871. The van der Waals surface area contributed by atoms with Crippen LogP contribution in [0.4, 0.5) is 0 Å². The lowest BCUT2D eigenvalue weighted by Gasteiger charge is -2.15. The molecular weight excluding hydrogens is 168 g/mol. The molecule has 0 aromatic heterocycles. The summed E-state index contributed by atoms with van der Waals surface area (Å²) in [6, 6.07) is 0. The van der Waals surface area contributed by atoms with E-state index in [2.05, 4.69) is 13.2 Å². The van der Waals surface area contributed by atoms with E-state index in [1.54, 1.807) is 6.08 Å². The third-order valence-electron chi connectivity index (χ3n) is 2.02. The maximum Gasteiger partial charge on any atom is 0.0469 e. The summed E-state index contributed by atoms with van der Waals surface area (Å²) in [4.78, 5) is 0. The van der Waals surface area contributed by atoms with Crippen molar-refractivity contribution in [1.29, 1.82) is 0 Å². The molecule has 0 N–H and O–H groups in total. The van der Waals surface area contributed by atoms with Gasteiger partial charge in [0.25, 0.3) is 0 Å². The van der Waals surface area contributed by atoms with Gasteiger partial charge in [0.05, 0.1) is 0 Å². The Labute approximate surface area is 78.9 Å². The van der Waals surface area contributed by atoms with Gasteiger partial charge in [-0.25, -0.2) is 0 Å². The molecule has 0 saturated heterocycles. The second-order valence-electron chi connectivity index (χ2n) is 2.82. The van der Waals surface area contributed by atoms with E-state index in [-0.39, 0.29) is 0 Å². The molecule has 1 heteroatoms. The van der Waals surface area contributed by atoms with E-state index < -0.39 is 0 Å². The Hall–Kier alpha value is -0.750. The van der Waals surface area contributed by atoms with Crippen molar-refractivity contribution < 1.29 is 0 Å². The summed E-state index contributed by atoms with van der Waals surface area (Å²) in [5.41, 5.74) is 2.35. The number of hydrogen-bond donors (Lipinski definition) is 0. The van der Waals surface area contributed by atoms with Crippen LogP contribution >= 0.6 is 11.6 Å². The zero-order valence-electron chi connectivity index (χ0n) is 7.15. The first kappa shape index (κ1) is 9.34. The molecule has 0 aliphatic heterocycles. The summed E-state index contributed by atoms with van der Waals surface area (Å²) >= 11 is 6.12. The fraction of sp³-hybridized carbons (Fsp3) is 0.273. The smallest absolute Gasteiger partial charge is 0.0469 e. The predicted molar refractivity (Wildman–Crippen MR) is 55.2 cm³/mol. The zero-order valence-corrected chi connectivity index (χ0v) is 7.90. The van der Waals surface area contributed by atoms with Gasteiger partial charge in [-0.2, -0.15) is 0 Å². The van der Waals surface area contributed by atoms with Crippen LogP contribution in [0.25, 0.3) is 0 Å². The minimum Gasteiger partial charge on any atom is -0.0991 e. The van der Waals surface area contributed by atoms with Gasteiger partial charge < -0.3 is 0 Å². The van der Waals surface area contributed by atoms with Crippen molar-refractivity contribution >= 4 is 11.6 Å². The number of halogens is 1. The molecule has 0 heterocycles. The molecule has 1 rings (SSSR count). The van der Waals surface area contributed by atoms with Crippen molar-refractivity contribution in [1.82, 2.24) is 0 Å². The van der Waals surface area contributed by atoms with Crippen LogP contribution in [0.1, 0.15) is 19.3 Å². The van der Waals surface area contributed by atoms with Gasteiger partial charge in [0.2, 0.25) is 0 Å². The maximum absolute atomic E-state index is 6.12. The normalized spacial score (nSPS) is 21.2. The van der Waals surface area contributed by atoms with Crippen LogP contribution in [-0.2, 0) is 0 Å². The van der Waals surface area contributed by atoms with Crippen LogP contribution in [0.2, 0.25) is 0 Å². The molecular formula is C11H13Cl. The Bertz CT molecular complexity index is 256. The highest BCUT2D eigenvalue weighted by Crippen LogP contribution is 2.32. The SMILES string of the molecule is C=C/C=C1\CCCC(C=C)=C1Cl. The van der Waals surface area contributed by atoms with E-state index in [1.165, 1.54) is 5.57 Å². The molecule has 0 spiro atoms. The molecule has 0 amide bonds. The monoisotopic (exact) mass is 180 g/mol. The summed E-state index contributed by atoms with van der Waals surface area (Å²) in [6.07, 6.45) is 8.88. The third kappa shape index (κ3) is 1.89. The maximum atomic E-state index is 6.12. The molecule has 64 valence electrons. The number of hydrogen-bond acceptors (Lipinski definition) is 0. The quantitative estimate of drug-likeness (QED) is 0.604. The van der Waals surface area contributed by atoms with Crippen LogP contribution in [0.15, 0.2) is 47.6 Å². The lowest BCUT2D eigenvalue weighted by Crippen LogP contribution is -1.96. The van der Waals surface area contributed by atoms with E-state index in [4.69, 9.17) is 11.6 Å². The van der Waals surface area contributed by atoms with Gasteiger partial charge >= 0.3 is 0 Å². The van der Waals surface area contributed by atoms with Crippen molar-refractivity contribution in [3.05, 3.63) is 47.6 Å². The molecule has 0 saturated carbocycles. The Balaban J connectivity index is 2.99. The van der Waals surface area contributed by atoms with Gasteiger partial charge in [-0.05, 0) is 30.4 Å². The standard InChI is InChI=1S/C11H13Cl/c1-3-6-10-8-5-7-9(4-2)11(10)12/h3-4,6H,1-2,5,7-8H2/b10-6+. The minimum atomic E-state index is 0.871. The molecule has 0 fully saturated rings. The largest absolute Gasteiger partial charge is 0.0991 e. The second kappa shape index (κ2) is 4.32. The van der Waals surface area contributed by atoms with Gasteiger partial charge in [0, 0.05) is 5.03 Å². The molecule has 1 aliphatic rings. The lowest BCUT2D eigenvalue weighted by molar-refractivity contribution is 0.792. The Morgan fingerprint density at radius 3 is 2.58 bits per heavy atom. The van der Waals surface area contributed by atoms with Crippen molar-refractivity contribution in [3.8, 4) is 0 Å². The first-order valence-electron chi connectivity index (χ1n) is 4.12. The average Bonchev–Trinajstić information content (AvgIpc) is 2.09. The van der Waals surface area contributed by atoms with Crippen molar-refractivity contribution in [2.45, 2.75) is 19.3 Å². The van der Waals surface area contributed by atoms with Gasteiger partial charge in [-0.3, -0.25) is 0 Å². The molecule has 0 unspecified atom stereocenters. The molecule has 0 bridgehead atoms. The number of allylic oxidation sites excluding steroid dienone is 6. The molecule has 0 nitrogen and oxygen atoms in total. The molecule has 0 atom stereocenters. The topological polar surface area (TPSA) is 0 Å². The van der Waals surface area contributed by atoms with Crippen molar-refractivity contribution in [3.63, 3.8) is 0 Å². The fourth-order valence-corrected chi connectivity index (χ4v) is 1.71. The van der Waals surface area contributed by atoms with Crippen LogP contribution in [0, 0.1) is 0 Å². The van der Waals surface area contributed by atoms with E-state index in [1.807, 2.05) is 12.2 Å². The van der Waals surface area contributed by atoms with Crippen LogP contribution < -0.4 is 0 Å². The van der Waals surface area contributed by atoms with E-state index >= 15 is 0 Å². The molecule has 0 aromatic carbocycles. The highest BCUT2D eigenvalue weighted by atomic mass is 35.5. The van der Waals surface area contributed by atoms with Gasteiger partial charge in [-0.1, -0.05) is 43.0 Å². The minimum absolute atomic E-state index is 0.871. The van der Waals surface area contributed by atoms with Crippen molar-refractivity contribution in [2.75, 3.05) is 0 Å². The Morgan fingerprint density at radius 1 is 1.25 bits per heavy atom. The molecule has 1 aliphatic carbocycles. The first-order chi connectivity index (χ1) is 5.79. The van der Waals surface area contributed by atoms with E-state index in [0.29, 0.717) is 0 Å². The first-order valence-corrected chi connectivity index (χ1v) is 4.50. The van der Waals surface area contributed by atoms with Gasteiger partial charge in [0.15, 0.2) is 0 Å². The molecule has 0 radical (unpaired) electrons. The highest BCUT2D eigenvalue weighted by Gasteiger charge is 2.12. The highest BCUT2D eigenvalue weighted by molar-refractivity contribution is 6.32. The zero-order chi connectivity index (χ0) is 8.97. The fourth-order valence-electron chi connectivity index (χ4n) is 1.39. The van der Waals surface area contributed by atoms with Crippen LogP contribution in [0.5, 0.6) is 0 Å². The third-order valence-corrected chi connectivity index (χ3v) is 2.51. The molecule has 12 heavy (non-hydrogen) atoms. The van der Waals surface area contributed by atoms with E-state index in [9.17, 15) is 0 Å². The summed E-state index contributed by atoms with van der Waals surface area (Å²) < 4.78 is 0. The second-order valence-corrected chi connectivity index (χ2v) is 3.20. The van der Waals surface area contributed by atoms with E-state index in [0.717, 1.165) is 29.9 Å². The van der Waals surface area contributed by atoms with Gasteiger partial charge in [-0.15, -0.1) is 0 Å². The summed E-state index contributed by atoms with van der Waals surface area (Å²) in [5.74, 6) is 0. The van der Waals surface area contributed by atoms with Gasteiger partial charge in [0.1, 0.15) is 0 Å². The van der Waals surface area contributed by atoms with Crippen LogP contribution in [-0.4, -0.2) is 0 Å². The predicted octanol–water partition coefficient (Wildman–Crippen LogP) is 3.96. The van der Waals surface area contributed by atoms with Crippen molar-refractivity contribution in [2.24, 2.45) is 0 Å². The number of rotatable bonds is 2. The Morgan fingerprint density at radius 2 is 2.00 bits per heavy atom. The summed E-state index contributed by atoms with van der Waals surface area (Å²) in [6.45, 7) is 7.39. The lowest BCUT2D eigenvalue weighted by atomic mass is 9.95. The average molecular weight is 181 g/mol. The summed E-state index contributed by atoms with van der Waals surface area (Å²) in [7, 11) is 0. The van der Waals surface area contributed by atoms with Crippen LogP contribution in [0.3, 0.4) is 0 Å². The molecule has 0 aromatic rings.